The number of nitrogens with zero attached hydrogens (tertiary/aromatic N) is 1. The molecule has 7 heteroatoms. The molecule has 0 N–H and O–H groups in total. The highest BCUT2D eigenvalue weighted by molar-refractivity contribution is 7.89. The van der Waals surface area contributed by atoms with E-state index in [1.54, 1.807) is 7.05 Å². The zero-order chi connectivity index (χ0) is 15.5. The summed E-state index contributed by atoms with van der Waals surface area (Å²) < 4.78 is 37.0. The third kappa shape index (κ3) is 3.76. The fourth-order valence-corrected chi connectivity index (χ4v) is 5.36. The number of rotatable bonds is 5. The van der Waals surface area contributed by atoms with Gasteiger partial charge >= 0.3 is 5.97 Å². The third-order valence-electron chi connectivity index (χ3n) is 4.54. The Kier molecular flexibility index (Phi) is 5.62. The Morgan fingerprint density at radius 2 is 2.05 bits per heavy atom. The van der Waals surface area contributed by atoms with Crippen LogP contribution in [0.3, 0.4) is 0 Å². The molecule has 2 aliphatic rings. The second-order valence-electron chi connectivity index (χ2n) is 6.01. The van der Waals surface area contributed by atoms with E-state index in [1.165, 1.54) is 11.4 Å². The van der Waals surface area contributed by atoms with Crippen molar-refractivity contribution in [3.63, 3.8) is 0 Å². The van der Waals surface area contributed by atoms with E-state index in [9.17, 15) is 13.2 Å². The van der Waals surface area contributed by atoms with Crippen molar-refractivity contribution >= 4 is 16.0 Å². The highest BCUT2D eigenvalue weighted by Crippen LogP contribution is 2.33. The molecule has 1 heterocycles. The van der Waals surface area contributed by atoms with Gasteiger partial charge in [0.05, 0.1) is 24.9 Å². The molecule has 0 aromatic carbocycles. The molecule has 1 aliphatic carbocycles. The largest absolute Gasteiger partial charge is 0.469 e. The van der Waals surface area contributed by atoms with Crippen LogP contribution in [0.4, 0.5) is 0 Å². The first-order valence-corrected chi connectivity index (χ1v) is 9.08. The van der Waals surface area contributed by atoms with Crippen LogP contribution in [0.25, 0.3) is 0 Å². The van der Waals surface area contributed by atoms with Crippen LogP contribution in [0.2, 0.25) is 0 Å². The Hall–Kier alpha value is -0.660. The number of esters is 1. The molecule has 6 nitrogen and oxygen atoms in total. The molecule has 3 atom stereocenters. The van der Waals surface area contributed by atoms with E-state index in [0.29, 0.717) is 26.0 Å². The van der Waals surface area contributed by atoms with Gasteiger partial charge < -0.3 is 9.47 Å². The average Bonchev–Trinajstić information content (AvgIpc) is 2.97. The van der Waals surface area contributed by atoms with Crippen molar-refractivity contribution in [2.75, 3.05) is 33.9 Å². The molecule has 0 aromatic rings. The first kappa shape index (κ1) is 16.7. The van der Waals surface area contributed by atoms with Crippen LogP contribution < -0.4 is 0 Å². The first-order chi connectivity index (χ1) is 9.96. The van der Waals surface area contributed by atoms with Gasteiger partial charge in [-0.3, -0.25) is 4.79 Å². The summed E-state index contributed by atoms with van der Waals surface area (Å²) in [4.78, 5) is 11.8. The molecule has 0 radical (unpaired) electrons. The van der Waals surface area contributed by atoms with Gasteiger partial charge in [0.25, 0.3) is 0 Å². The van der Waals surface area contributed by atoms with Gasteiger partial charge in [0.2, 0.25) is 10.0 Å². The molecule has 0 aromatic heterocycles. The van der Waals surface area contributed by atoms with Crippen LogP contribution in [0.15, 0.2) is 0 Å². The summed E-state index contributed by atoms with van der Waals surface area (Å²) in [7, 11) is -0.545. The lowest BCUT2D eigenvalue weighted by molar-refractivity contribution is -0.145. The van der Waals surface area contributed by atoms with Gasteiger partial charge in [0.15, 0.2) is 0 Å². The molecule has 1 saturated carbocycles. The fourth-order valence-electron chi connectivity index (χ4n) is 3.35. The van der Waals surface area contributed by atoms with Crippen molar-refractivity contribution in [2.45, 2.75) is 37.4 Å². The van der Waals surface area contributed by atoms with Crippen molar-refractivity contribution < 1.29 is 22.7 Å². The van der Waals surface area contributed by atoms with Gasteiger partial charge in [0, 0.05) is 20.2 Å². The summed E-state index contributed by atoms with van der Waals surface area (Å²) in [6.45, 7) is 1.84. The van der Waals surface area contributed by atoms with Crippen LogP contribution in [0.1, 0.15) is 32.1 Å². The molecule has 122 valence electrons. The first-order valence-electron chi connectivity index (χ1n) is 7.57. The van der Waals surface area contributed by atoms with Gasteiger partial charge in [-0.1, -0.05) is 6.42 Å². The smallest absolute Gasteiger partial charge is 0.310 e. The average molecular weight is 319 g/mol. The van der Waals surface area contributed by atoms with E-state index in [1.807, 2.05) is 0 Å². The predicted molar refractivity (Wildman–Crippen MR) is 78.2 cm³/mol. The van der Waals surface area contributed by atoms with Gasteiger partial charge in [-0.15, -0.1) is 0 Å². The third-order valence-corrected chi connectivity index (χ3v) is 6.89. The maximum Gasteiger partial charge on any atom is 0.310 e. The Bertz CT molecular complexity index is 458. The minimum absolute atomic E-state index is 0.247. The van der Waals surface area contributed by atoms with Crippen molar-refractivity contribution in [3.8, 4) is 0 Å². The lowest BCUT2D eigenvalue weighted by atomic mass is 10.0. The number of carbonyl (C=O) groups is 1. The monoisotopic (exact) mass is 319 g/mol. The molecule has 0 bridgehead atoms. The summed E-state index contributed by atoms with van der Waals surface area (Å²) in [5.41, 5.74) is 0. The lowest BCUT2D eigenvalue weighted by Gasteiger charge is -2.29. The second kappa shape index (κ2) is 7.07. The predicted octanol–water partition coefficient (Wildman–Crippen LogP) is 1.02. The number of methoxy groups -OCH3 is 1. The summed E-state index contributed by atoms with van der Waals surface area (Å²) in [5.74, 6) is -0.683. The summed E-state index contributed by atoms with van der Waals surface area (Å²) >= 11 is 0. The number of carbonyl (C=O) groups excluding carboxylic acids is 1. The molecule has 2 fully saturated rings. The van der Waals surface area contributed by atoms with Gasteiger partial charge in [-0.2, -0.15) is 0 Å². The van der Waals surface area contributed by atoms with Crippen LogP contribution in [0, 0.1) is 11.8 Å². The SMILES string of the molecule is COC(=O)C1CCCC1S(=O)(=O)N(C)CC1CCCOC1. The Labute approximate surface area is 126 Å². The quantitative estimate of drug-likeness (QED) is 0.707. The second-order valence-corrected chi connectivity index (χ2v) is 8.27. The number of hydrogen-bond donors (Lipinski definition) is 0. The zero-order valence-corrected chi connectivity index (χ0v) is 13.6. The van der Waals surface area contributed by atoms with Gasteiger partial charge in [-0.05, 0) is 31.6 Å². The molecule has 0 spiro atoms. The lowest BCUT2D eigenvalue weighted by Crippen LogP contribution is -2.43. The molecule has 1 aliphatic heterocycles. The van der Waals surface area contributed by atoms with Gasteiger partial charge in [0.1, 0.15) is 0 Å². The number of hydrogen-bond acceptors (Lipinski definition) is 5. The maximum atomic E-state index is 12.7. The van der Waals surface area contributed by atoms with Crippen LogP contribution in [0.5, 0.6) is 0 Å². The highest BCUT2D eigenvalue weighted by Gasteiger charge is 2.44. The number of ether oxygens (including phenoxy) is 2. The number of sulfonamides is 1. The molecule has 1 saturated heterocycles. The standard InChI is InChI=1S/C14H25NO5S/c1-15(9-11-5-4-8-20-10-11)21(17,18)13-7-3-6-12(13)14(16)19-2/h11-13H,3-10H2,1-2H3. The molecule has 2 rings (SSSR count). The van der Waals surface area contributed by atoms with Crippen LogP contribution >= 0.6 is 0 Å². The van der Waals surface area contributed by atoms with Crippen molar-refractivity contribution in [3.05, 3.63) is 0 Å². The Balaban J connectivity index is 2.03. The van der Waals surface area contributed by atoms with E-state index < -0.39 is 27.2 Å². The van der Waals surface area contributed by atoms with Crippen molar-refractivity contribution in [1.82, 2.24) is 4.31 Å². The molecular formula is C14H25NO5S. The van der Waals surface area contributed by atoms with Crippen LogP contribution in [-0.4, -0.2) is 57.9 Å². The Morgan fingerprint density at radius 1 is 1.29 bits per heavy atom. The topological polar surface area (TPSA) is 72.9 Å². The molecular weight excluding hydrogens is 294 g/mol. The minimum atomic E-state index is -3.47. The summed E-state index contributed by atoms with van der Waals surface area (Å²) in [6.07, 6.45) is 3.85. The van der Waals surface area contributed by atoms with Gasteiger partial charge in [-0.25, -0.2) is 12.7 Å². The molecule has 21 heavy (non-hydrogen) atoms. The van der Waals surface area contributed by atoms with E-state index >= 15 is 0 Å². The molecule has 3 unspecified atom stereocenters. The van der Waals surface area contributed by atoms with Crippen molar-refractivity contribution in [1.29, 1.82) is 0 Å². The van der Waals surface area contributed by atoms with Crippen LogP contribution in [-0.2, 0) is 24.3 Å². The minimum Gasteiger partial charge on any atom is -0.469 e. The van der Waals surface area contributed by atoms with Crippen molar-refractivity contribution in [2.24, 2.45) is 11.8 Å². The van der Waals surface area contributed by atoms with E-state index in [4.69, 9.17) is 9.47 Å². The summed E-state index contributed by atoms with van der Waals surface area (Å²) in [5, 5.41) is -0.639. The van der Waals surface area contributed by atoms with E-state index in [-0.39, 0.29) is 5.92 Å². The molecule has 0 amide bonds. The van der Waals surface area contributed by atoms with E-state index in [2.05, 4.69) is 0 Å². The normalized spacial score (nSPS) is 30.5. The maximum absolute atomic E-state index is 12.7. The Morgan fingerprint density at radius 3 is 2.67 bits per heavy atom. The summed E-state index contributed by atoms with van der Waals surface area (Å²) in [6, 6.07) is 0. The fraction of sp³-hybridized carbons (Fsp3) is 0.929. The zero-order valence-electron chi connectivity index (χ0n) is 12.8. The highest BCUT2D eigenvalue weighted by atomic mass is 32.2. The van der Waals surface area contributed by atoms with E-state index in [0.717, 1.165) is 25.9 Å².